The fraction of sp³-hybridized carbons (Fsp3) is 0.545. The second-order valence-corrected chi connectivity index (χ2v) is 8.87. The Balaban J connectivity index is 1.83. The molecule has 158 valence electrons. The molecule has 3 heterocycles. The Kier molecular flexibility index (Phi) is 7.38. The lowest BCUT2D eigenvalue weighted by molar-refractivity contribution is -0.273. The summed E-state index contributed by atoms with van der Waals surface area (Å²) in [5.74, 6) is -1.38. The van der Waals surface area contributed by atoms with Crippen LogP contribution in [0.25, 0.3) is 0 Å². The normalized spacial score (nSPS) is 41.6. The number of nitrogens with one attached hydrogen (secondary N) is 1. The summed E-state index contributed by atoms with van der Waals surface area (Å²) in [5, 5.41) is 13.7. The van der Waals surface area contributed by atoms with E-state index in [-0.39, 0.29) is 17.6 Å². The number of hydrogen-bond donors (Lipinski definition) is 2. The predicted octanol–water partition coefficient (Wildman–Crippen LogP) is 3.64. The van der Waals surface area contributed by atoms with Crippen LogP contribution in [0.2, 0.25) is 0 Å². The van der Waals surface area contributed by atoms with E-state index in [1.54, 1.807) is 0 Å². The Morgan fingerprint density at radius 2 is 2.07 bits per heavy atom. The van der Waals surface area contributed by atoms with Crippen molar-refractivity contribution in [2.24, 2.45) is 5.92 Å². The van der Waals surface area contributed by atoms with Crippen molar-refractivity contribution in [2.45, 2.75) is 63.6 Å². The van der Waals surface area contributed by atoms with E-state index in [2.05, 4.69) is 24.4 Å². The van der Waals surface area contributed by atoms with Crippen LogP contribution in [0, 0.1) is 5.92 Å². The second kappa shape index (κ2) is 9.78. The molecule has 1 amide bonds. The molecule has 0 aromatic heterocycles. The number of fused-ring (bicyclic) bond motifs is 2. The standard InChI is InChI=1S/C22H29NO5S/c1-15-7-5-3-4-6-8-16(2)11-20(24)27-18-12-17(10-9-15)28-22(26,13-18)19-14-29-21(25)23-19/h3-5,7,9-11,15,17-19,26H,6,8,12-14H2,1-2H3,(H,23,25)/b4-3-,7-5+,10-9+,16-11+/t15-,17-,18-,19+,22-/m1/s1. The van der Waals surface area contributed by atoms with Gasteiger partial charge in [-0.3, -0.25) is 4.79 Å². The zero-order chi connectivity index (χ0) is 20.9. The van der Waals surface area contributed by atoms with Gasteiger partial charge in [0.2, 0.25) is 0 Å². The molecule has 5 atom stereocenters. The summed E-state index contributed by atoms with van der Waals surface area (Å²) in [6, 6.07) is -0.539. The van der Waals surface area contributed by atoms with Crippen molar-refractivity contribution in [1.82, 2.24) is 5.32 Å². The zero-order valence-electron chi connectivity index (χ0n) is 16.9. The monoisotopic (exact) mass is 419 g/mol. The number of amides is 1. The van der Waals surface area contributed by atoms with Gasteiger partial charge in [-0.1, -0.05) is 60.7 Å². The molecule has 2 bridgehead atoms. The number of carbonyl (C=O) groups excluding carboxylic acids is 2. The van der Waals surface area contributed by atoms with E-state index in [0.717, 1.165) is 30.2 Å². The quantitative estimate of drug-likeness (QED) is 0.499. The first-order valence-electron chi connectivity index (χ1n) is 10.1. The molecule has 2 N–H and O–H groups in total. The topological polar surface area (TPSA) is 84.9 Å². The average Bonchev–Trinajstić information content (AvgIpc) is 3.09. The van der Waals surface area contributed by atoms with Gasteiger partial charge < -0.3 is 19.9 Å². The molecule has 3 rings (SSSR count). The highest BCUT2D eigenvalue weighted by Gasteiger charge is 2.49. The predicted molar refractivity (Wildman–Crippen MR) is 113 cm³/mol. The van der Waals surface area contributed by atoms with E-state index in [0.29, 0.717) is 12.2 Å². The molecule has 0 spiro atoms. The lowest BCUT2D eigenvalue weighted by Crippen LogP contribution is -2.58. The highest BCUT2D eigenvalue weighted by atomic mass is 32.2. The minimum Gasteiger partial charge on any atom is -0.459 e. The molecule has 6 nitrogen and oxygen atoms in total. The Morgan fingerprint density at radius 1 is 1.24 bits per heavy atom. The number of carbonyl (C=O) groups is 2. The van der Waals surface area contributed by atoms with E-state index >= 15 is 0 Å². The number of hydrogen-bond acceptors (Lipinski definition) is 6. The summed E-state index contributed by atoms with van der Waals surface area (Å²) in [4.78, 5) is 24.0. The maximum Gasteiger partial charge on any atom is 0.330 e. The molecule has 29 heavy (non-hydrogen) atoms. The van der Waals surface area contributed by atoms with E-state index in [1.807, 2.05) is 31.2 Å². The molecular formula is C22H29NO5S. The van der Waals surface area contributed by atoms with Crippen LogP contribution in [0.1, 0.15) is 39.5 Å². The van der Waals surface area contributed by atoms with Crippen molar-refractivity contribution in [2.75, 3.05) is 5.75 Å². The van der Waals surface area contributed by atoms with Gasteiger partial charge in [0.1, 0.15) is 6.10 Å². The maximum absolute atomic E-state index is 12.4. The minimum atomic E-state index is -1.58. The molecule has 3 aliphatic rings. The molecule has 2 saturated heterocycles. The van der Waals surface area contributed by atoms with Gasteiger partial charge in [0.05, 0.1) is 12.1 Å². The van der Waals surface area contributed by atoms with Crippen molar-refractivity contribution < 1.29 is 24.2 Å². The van der Waals surface area contributed by atoms with Gasteiger partial charge >= 0.3 is 5.97 Å². The Labute approximate surface area is 176 Å². The summed E-state index contributed by atoms with van der Waals surface area (Å²) in [7, 11) is 0. The number of esters is 1. The van der Waals surface area contributed by atoms with Crippen LogP contribution in [0.4, 0.5) is 4.79 Å². The van der Waals surface area contributed by atoms with Crippen LogP contribution in [-0.4, -0.2) is 46.1 Å². The van der Waals surface area contributed by atoms with Crippen molar-refractivity contribution in [3.63, 3.8) is 0 Å². The Morgan fingerprint density at radius 3 is 2.83 bits per heavy atom. The Hall–Kier alpha value is -1.83. The van der Waals surface area contributed by atoms with Crippen LogP contribution in [-0.2, 0) is 14.3 Å². The molecule has 0 aromatic rings. The van der Waals surface area contributed by atoms with E-state index in [4.69, 9.17) is 9.47 Å². The first-order valence-corrected chi connectivity index (χ1v) is 11.1. The van der Waals surface area contributed by atoms with Gasteiger partial charge in [0, 0.05) is 24.7 Å². The number of aliphatic hydroxyl groups is 1. The average molecular weight is 420 g/mol. The SMILES string of the molecule is C/C1=C\C(=O)O[C@@H]2C[C@@H](/C=C/[C@H](C)/C=C/C=C\CC1)O[C@@](O)([C@@H]1CSC(=O)N1)C2. The minimum absolute atomic E-state index is 0.125. The van der Waals surface area contributed by atoms with Crippen LogP contribution in [0.5, 0.6) is 0 Å². The number of thioether (sulfide) groups is 1. The summed E-state index contributed by atoms with van der Waals surface area (Å²) in [5.41, 5.74) is 0.947. The zero-order valence-corrected chi connectivity index (χ0v) is 17.7. The first kappa shape index (κ1) is 21.9. The summed E-state index contributed by atoms with van der Waals surface area (Å²) in [6.45, 7) is 3.98. The second-order valence-electron chi connectivity index (χ2n) is 7.88. The largest absolute Gasteiger partial charge is 0.459 e. The molecule has 0 aliphatic carbocycles. The van der Waals surface area contributed by atoms with Crippen LogP contribution >= 0.6 is 11.8 Å². The summed E-state index contributed by atoms with van der Waals surface area (Å²) < 4.78 is 11.6. The van der Waals surface area contributed by atoms with Crippen molar-refractivity contribution in [3.8, 4) is 0 Å². The third-order valence-electron chi connectivity index (χ3n) is 5.23. The third kappa shape index (κ3) is 6.32. The smallest absolute Gasteiger partial charge is 0.330 e. The van der Waals surface area contributed by atoms with Crippen LogP contribution in [0.3, 0.4) is 0 Å². The summed E-state index contributed by atoms with van der Waals surface area (Å²) in [6.07, 6.45) is 14.9. The lowest BCUT2D eigenvalue weighted by atomic mass is 9.92. The van der Waals surface area contributed by atoms with Gasteiger partial charge in [-0.05, 0) is 25.7 Å². The van der Waals surface area contributed by atoms with Crippen molar-refractivity contribution >= 4 is 23.0 Å². The van der Waals surface area contributed by atoms with E-state index in [9.17, 15) is 14.7 Å². The molecule has 0 aromatic carbocycles. The highest BCUT2D eigenvalue weighted by Crippen LogP contribution is 2.35. The van der Waals surface area contributed by atoms with Crippen LogP contribution < -0.4 is 5.32 Å². The van der Waals surface area contributed by atoms with Crippen molar-refractivity contribution in [1.29, 1.82) is 0 Å². The van der Waals surface area contributed by atoms with Gasteiger partial charge in [0.25, 0.3) is 5.24 Å². The Bertz CT molecular complexity index is 743. The van der Waals surface area contributed by atoms with E-state index < -0.39 is 30.0 Å². The molecule has 2 fully saturated rings. The van der Waals surface area contributed by atoms with Crippen LogP contribution in [0.15, 0.2) is 48.1 Å². The van der Waals surface area contributed by atoms with Gasteiger partial charge in [-0.25, -0.2) is 4.79 Å². The number of rotatable bonds is 1. The van der Waals surface area contributed by atoms with Gasteiger partial charge in [0.15, 0.2) is 5.79 Å². The molecule has 0 saturated carbocycles. The fourth-order valence-corrected chi connectivity index (χ4v) is 4.53. The lowest BCUT2D eigenvalue weighted by Gasteiger charge is -2.42. The number of ether oxygens (including phenoxy) is 2. The number of allylic oxidation sites excluding steroid dienone is 6. The molecule has 0 unspecified atom stereocenters. The fourth-order valence-electron chi connectivity index (χ4n) is 3.65. The van der Waals surface area contributed by atoms with E-state index in [1.165, 1.54) is 6.08 Å². The van der Waals surface area contributed by atoms with Gasteiger partial charge in [-0.15, -0.1) is 0 Å². The first-order chi connectivity index (χ1) is 13.8. The van der Waals surface area contributed by atoms with Gasteiger partial charge in [-0.2, -0.15) is 0 Å². The van der Waals surface area contributed by atoms with Crippen molar-refractivity contribution in [3.05, 3.63) is 48.1 Å². The molecule has 3 aliphatic heterocycles. The molecular weight excluding hydrogens is 390 g/mol. The highest BCUT2D eigenvalue weighted by molar-refractivity contribution is 8.14. The summed E-state index contributed by atoms with van der Waals surface area (Å²) >= 11 is 1.12. The maximum atomic E-state index is 12.4. The molecule has 7 heteroatoms. The third-order valence-corrected chi connectivity index (χ3v) is 6.11. The molecule has 0 radical (unpaired) electrons.